The van der Waals surface area contributed by atoms with Crippen LogP contribution in [0.25, 0.3) is 0 Å². The Balaban J connectivity index is 1.97. The largest absolute Gasteiger partial charge is 0.471 e. The third-order valence-corrected chi connectivity index (χ3v) is 5.30. The quantitative estimate of drug-likeness (QED) is 0.686. The van der Waals surface area contributed by atoms with Crippen LogP contribution in [0, 0.1) is 5.82 Å². The van der Waals surface area contributed by atoms with Crippen LogP contribution < -0.4 is 5.32 Å². The number of hydrogen-bond acceptors (Lipinski definition) is 3. The van der Waals surface area contributed by atoms with Crippen LogP contribution >= 0.6 is 0 Å². The van der Waals surface area contributed by atoms with Crippen LogP contribution in [0.1, 0.15) is 49.3 Å². The molecule has 0 saturated heterocycles. The predicted molar refractivity (Wildman–Crippen MR) is 105 cm³/mol. The Kier molecular flexibility index (Phi) is 7.25. The van der Waals surface area contributed by atoms with E-state index in [1.807, 2.05) is 0 Å². The summed E-state index contributed by atoms with van der Waals surface area (Å²) in [5, 5.41) is 2.82. The van der Waals surface area contributed by atoms with E-state index in [9.17, 15) is 27.2 Å². The number of benzene rings is 1. The van der Waals surface area contributed by atoms with Crippen molar-refractivity contribution < 1.29 is 27.2 Å². The summed E-state index contributed by atoms with van der Waals surface area (Å²) in [4.78, 5) is 29.9. The zero-order valence-electron chi connectivity index (χ0n) is 16.7. The van der Waals surface area contributed by atoms with Gasteiger partial charge in [-0.15, -0.1) is 0 Å². The highest BCUT2D eigenvalue weighted by Gasteiger charge is 2.46. The maximum absolute atomic E-state index is 13.5. The Labute approximate surface area is 177 Å². The van der Waals surface area contributed by atoms with Gasteiger partial charge in [-0.1, -0.05) is 31.4 Å². The fraction of sp³-hybridized carbons (Fsp3) is 0.409. The molecule has 2 aromatic rings. The summed E-state index contributed by atoms with van der Waals surface area (Å²) < 4.78 is 53.7. The molecular weight excluding hydrogens is 414 g/mol. The van der Waals surface area contributed by atoms with Gasteiger partial charge < -0.3 is 10.2 Å². The third-order valence-electron chi connectivity index (χ3n) is 5.30. The molecule has 3 rings (SSSR count). The van der Waals surface area contributed by atoms with Crippen molar-refractivity contribution in [1.29, 1.82) is 0 Å². The highest BCUT2D eigenvalue weighted by molar-refractivity contribution is 5.90. The number of halogens is 4. The minimum Gasteiger partial charge on any atom is -0.351 e. The van der Waals surface area contributed by atoms with Crippen molar-refractivity contribution >= 4 is 11.8 Å². The summed E-state index contributed by atoms with van der Waals surface area (Å²) in [7, 11) is 0. The second-order valence-corrected chi connectivity index (χ2v) is 7.58. The van der Waals surface area contributed by atoms with Gasteiger partial charge in [0.05, 0.1) is 0 Å². The van der Waals surface area contributed by atoms with Gasteiger partial charge in [0, 0.05) is 25.0 Å². The van der Waals surface area contributed by atoms with E-state index in [0.29, 0.717) is 4.90 Å². The van der Waals surface area contributed by atoms with Gasteiger partial charge in [-0.2, -0.15) is 13.2 Å². The lowest BCUT2D eigenvalue weighted by atomic mass is 9.94. The number of pyridine rings is 1. The number of carbonyl (C=O) groups is 2. The highest BCUT2D eigenvalue weighted by atomic mass is 19.4. The van der Waals surface area contributed by atoms with Crippen LogP contribution in [0.4, 0.5) is 17.6 Å². The summed E-state index contributed by atoms with van der Waals surface area (Å²) in [6, 6.07) is 5.91. The number of carbonyl (C=O) groups excluding carboxylic acids is 2. The number of amides is 2. The fourth-order valence-corrected chi connectivity index (χ4v) is 3.78. The molecule has 166 valence electrons. The molecule has 1 saturated carbocycles. The average molecular weight is 437 g/mol. The minimum atomic E-state index is -5.18. The zero-order chi connectivity index (χ0) is 22.4. The molecule has 1 fully saturated rings. The van der Waals surface area contributed by atoms with Crippen molar-refractivity contribution in [1.82, 2.24) is 15.2 Å². The van der Waals surface area contributed by atoms with Crippen molar-refractivity contribution in [3.8, 4) is 0 Å². The van der Waals surface area contributed by atoms with Gasteiger partial charge in [0.1, 0.15) is 11.9 Å². The molecule has 1 aromatic carbocycles. The van der Waals surface area contributed by atoms with E-state index in [0.717, 1.165) is 44.2 Å². The van der Waals surface area contributed by atoms with E-state index in [1.165, 1.54) is 36.7 Å². The van der Waals surface area contributed by atoms with Crippen LogP contribution in [0.5, 0.6) is 0 Å². The monoisotopic (exact) mass is 437 g/mol. The first-order valence-electron chi connectivity index (χ1n) is 10.1. The molecule has 0 bridgehead atoms. The Bertz CT molecular complexity index is 882. The molecule has 0 spiro atoms. The molecule has 1 aliphatic rings. The fourth-order valence-electron chi connectivity index (χ4n) is 3.78. The Hall–Kier alpha value is -2.97. The number of aromatic nitrogens is 1. The summed E-state index contributed by atoms with van der Waals surface area (Å²) >= 11 is 0. The summed E-state index contributed by atoms with van der Waals surface area (Å²) in [6.07, 6.45) is 1.88. The van der Waals surface area contributed by atoms with Crippen molar-refractivity contribution in [2.75, 3.05) is 0 Å². The maximum atomic E-state index is 13.5. The van der Waals surface area contributed by atoms with Gasteiger partial charge in [-0.3, -0.25) is 14.6 Å². The molecule has 1 atom stereocenters. The molecule has 0 aliphatic heterocycles. The van der Waals surface area contributed by atoms with Crippen LogP contribution in [0.2, 0.25) is 0 Å². The Morgan fingerprint density at radius 1 is 1.03 bits per heavy atom. The number of hydrogen-bond donors (Lipinski definition) is 1. The molecule has 5 nitrogen and oxygen atoms in total. The van der Waals surface area contributed by atoms with Crippen molar-refractivity contribution in [3.63, 3.8) is 0 Å². The van der Waals surface area contributed by atoms with Crippen LogP contribution in [0.3, 0.4) is 0 Å². The summed E-state index contributed by atoms with van der Waals surface area (Å²) in [5.74, 6) is -3.38. The lowest BCUT2D eigenvalue weighted by Crippen LogP contribution is -2.50. The number of rotatable bonds is 6. The van der Waals surface area contributed by atoms with Crippen molar-refractivity contribution in [2.45, 2.75) is 56.9 Å². The molecule has 1 N–H and O–H groups in total. The normalized spacial score (nSPS) is 15.9. The van der Waals surface area contributed by atoms with Gasteiger partial charge >= 0.3 is 12.1 Å². The van der Waals surface area contributed by atoms with E-state index in [2.05, 4.69) is 10.3 Å². The Morgan fingerprint density at radius 2 is 1.65 bits per heavy atom. The lowest BCUT2D eigenvalue weighted by molar-refractivity contribution is -0.189. The SMILES string of the molecule is O=C(NC1CCCCC1)C(c1ccncc1)N(Cc1ccc(F)cc1)C(=O)C(F)(F)F. The molecule has 9 heteroatoms. The highest BCUT2D eigenvalue weighted by Crippen LogP contribution is 2.30. The number of alkyl halides is 3. The van der Waals surface area contributed by atoms with E-state index in [4.69, 9.17) is 0 Å². The lowest BCUT2D eigenvalue weighted by Gasteiger charge is -2.33. The van der Waals surface area contributed by atoms with E-state index in [1.54, 1.807) is 0 Å². The van der Waals surface area contributed by atoms with E-state index in [-0.39, 0.29) is 17.2 Å². The van der Waals surface area contributed by atoms with E-state index >= 15 is 0 Å². The smallest absolute Gasteiger partial charge is 0.351 e. The third kappa shape index (κ3) is 6.02. The van der Waals surface area contributed by atoms with Crippen LogP contribution in [-0.2, 0) is 16.1 Å². The molecule has 1 aromatic heterocycles. The second-order valence-electron chi connectivity index (χ2n) is 7.58. The molecule has 1 unspecified atom stereocenters. The van der Waals surface area contributed by atoms with Gasteiger partial charge in [-0.05, 0) is 48.2 Å². The van der Waals surface area contributed by atoms with Crippen LogP contribution in [-0.4, -0.2) is 33.9 Å². The molecule has 0 radical (unpaired) electrons. The average Bonchev–Trinajstić information content (AvgIpc) is 2.75. The number of nitrogens with one attached hydrogen (secondary N) is 1. The van der Waals surface area contributed by atoms with E-state index < -0.39 is 36.4 Å². The second kappa shape index (κ2) is 9.89. The molecular formula is C22H23F4N3O2. The van der Waals surface area contributed by atoms with Gasteiger partial charge in [-0.25, -0.2) is 4.39 Å². The first kappa shape index (κ1) is 22.7. The topological polar surface area (TPSA) is 62.3 Å². The van der Waals surface area contributed by atoms with Gasteiger partial charge in [0.15, 0.2) is 0 Å². The summed E-state index contributed by atoms with van der Waals surface area (Å²) in [6.45, 7) is -0.510. The van der Waals surface area contributed by atoms with Crippen molar-refractivity contribution in [3.05, 3.63) is 65.7 Å². The molecule has 31 heavy (non-hydrogen) atoms. The van der Waals surface area contributed by atoms with Gasteiger partial charge in [0.25, 0.3) is 0 Å². The minimum absolute atomic E-state index is 0.153. The predicted octanol–water partition coefficient (Wildman–Crippen LogP) is 4.30. The van der Waals surface area contributed by atoms with Crippen molar-refractivity contribution in [2.24, 2.45) is 0 Å². The first-order chi connectivity index (χ1) is 14.8. The van der Waals surface area contributed by atoms with Crippen LogP contribution in [0.15, 0.2) is 48.8 Å². The summed E-state index contributed by atoms with van der Waals surface area (Å²) in [5.41, 5.74) is 0.478. The maximum Gasteiger partial charge on any atom is 0.471 e. The molecule has 2 amide bonds. The first-order valence-corrected chi connectivity index (χ1v) is 10.1. The Morgan fingerprint density at radius 3 is 2.23 bits per heavy atom. The van der Waals surface area contributed by atoms with Gasteiger partial charge in [0.2, 0.25) is 5.91 Å². The zero-order valence-corrected chi connectivity index (χ0v) is 16.7. The molecule has 1 aliphatic carbocycles. The molecule has 1 heterocycles. The number of nitrogens with zero attached hydrogens (tertiary/aromatic N) is 2. The standard InChI is InChI=1S/C22H23F4N3O2/c23-17-8-6-15(7-9-17)14-29(21(31)22(24,25)26)19(16-10-12-27-13-11-16)20(30)28-18-4-2-1-3-5-18/h6-13,18-19H,1-5,14H2,(H,28,30).